The fourth-order valence-corrected chi connectivity index (χ4v) is 3.36. The average molecular weight is 294 g/mol. The summed E-state index contributed by atoms with van der Waals surface area (Å²) in [6.45, 7) is 3.78. The third-order valence-electron chi connectivity index (χ3n) is 2.99. The normalized spacial score (nSPS) is 18.3. The summed E-state index contributed by atoms with van der Waals surface area (Å²) in [5, 5.41) is 0. The molecule has 1 atom stereocenters. The van der Waals surface area contributed by atoms with Gasteiger partial charge in [-0.2, -0.15) is 0 Å². The number of hydrogen-bond acceptors (Lipinski definition) is 4. The molecule has 0 spiro atoms. The van der Waals surface area contributed by atoms with E-state index in [9.17, 15) is 13.2 Å². The Bertz CT molecular complexity index is 619. The second-order valence-electron chi connectivity index (χ2n) is 4.45. The largest absolute Gasteiger partial charge is 0.464 e. The van der Waals surface area contributed by atoms with Gasteiger partial charge in [0.05, 0.1) is 11.5 Å². The van der Waals surface area contributed by atoms with Crippen LogP contribution >= 0.6 is 0 Å². The molecule has 0 amide bonds. The number of nitrogens with zero attached hydrogens (tertiary/aromatic N) is 1. The minimum Gasteiger partial charge on any atom is -0.464 e. The Labute approximate surface area is 118 Å². The molecule has 6 heteroatoms. The Morgan fingerprint density at radius 1 is 1.40 bits per heavy atom. The number of carbonyl (C=O) groups excluding carboxylic acids is 1. The molecule has 107 valence electrons. The van der Waals surface area contributed by atoms with E-state index in [4.69, 9.17) is 4.74 Å². The molecule has 0 N–H and O–H groups in total. The summed E-state index contributed by atoms with van der Waals surface area (Å²) in [6.07, 6.45) is 4.28. The summed E-state index contributed by atoms with van der Waals surface area (Å²) in [5.41, 5.74) is 0.967. The van der Waals surface area contributed by atoms with Crippen molar-refractivity contribution in [1.82, 2.24) is 4.31 Å². The van der Waals surface area contributed by atoms with Crippen molar-refractivity contribution in [3.05, 3.63) is 42.1 Å². The highest BCUT2D eigenvalue weighted by molar-refractivity contribution is 7.89. The molecule has 0 bridgehead atoms. The molecule has 0 saturated heterocycles. The lowest BCUT2D eigenvalue weighted by Gasteiger charge is -2.23. The molecular weight excluding hydrogens is 278 g/mol. The molecule has 1 heterocycles. The van der Waals surface area contributed by atoms with Crippen LogP contribution in [0.2, 0.25) is 0 Å². The van der Waals surface area contributed by atoms with Crippen LogP contribution in [-0.4, -0.2) is 31.3 Å². The quantitative estimate of drug-likeness (QED) is 0.792. The molecule has 2 rings (SSSR count). The molecule has 1 aromatic carbocycles. The number of carbonyl (C=O) groups is 1. The summed E-state index contributed by atoms with van der Waals surface area (Å²) in [7, 11) is -3.75. The van der Waals surface area contributed by atoms with Crippen molar-refractivity contribution in [2.45, 2.75) is 31.2 Å². The van der Waals surface area contributed by atoms with Gasteiger partial charge in [-0.15, -0.1) is 0 Å². The first-order valence-electron chi connectivity index (χ1n) is 6.30. The summed E-state index contributed by atoms with van der Waals surface area (Å²) in [4.78, 5) is 11.9. The fourth-order valence-electron chi connectivity index (χ4n) is 1.93. The van der Waals surface area contributed by atoms with Gasteiger partial charge in [-0.1, -0.05) is 17.7 Å². The van der Waals surface area contributed by atoms with Crippen LogP contribution in [0.4, 0.5) is 0 Å². The Morgan fingerprint density at radius 2 is 2.05 bits per heavy atom. The standard InChI is InChI=1S/C14H16NO4S/c1-3-19-14(16)13-5-4-10-15(13)20(17,18)12-8-6-11(2)7-9-12/h6-10,13H,3,5H2,1-2H3/t13-/m0/s1. The van der Waals surface area contributed by atoms with E-state index in [1.165, 1.54) is 18.3 Å². The van der Waals surface area contributed by atoms with Crippen LogP contribution in [0, 0.1) is 13.0 Å². The van der Waals surface area contributed by atoms with Gasteiger partial charge in [-0.25, -0.2) is 13.2 Å². The lowest BCUT2D eigenvalue weighted by molar-refractivity contribution is -0.146. The summed E-state index contributed by atoms with van der Waals surface area (Å²) in [5.74, 6) is -0.551. The van der Waals surface area contributed by atoms with Crippen LogP contribution in [0.1, 0.15) is 18.9 Å². The minimum atomic E-state index is -3.75. The van der Waals surface area contributed by atoms with Crippen LogP contribution in [0.5, 0.6) is 0 Å². The zero-order chi connectivity index (χ0) is 14.8. The molecule has 5 nitrogen and oxygen atoms in total. The number of rotatable bonds is 4. The van der Waals surface area contributed by atoms with Crippen LogP contribution in [0.15, 0.2) is 35.4 Å². The smallest absolute Gasteiger partial charge is 0.330 e. The topological polar surface area (TPSA) is 63.7 Å². The molecule has 20 heavy (non-hydrogen) atoms. The number of aryl methyl sites for hydroxylation is 1. The highest BCUT2D eigenvalue weighted by Gasteiger charge is 2.36. The van der Waals surface area contributed by atoms with Crippen LogP contribution in [0.25, 0.3) is 0 Å². The highest BCUT2D eigenvalue weighted by Crippen LogP contribution is 2.25. The zero-order valence-corrected chi connectivity index (χ0v) is 12.2. The van der Waals surface area contributed by atoms with Gasteiger partial charge in [0.15, 0.2) is 0 Å². The van der Waals surface area contributed by atoms with Crippen LogP contribution < -0.4 is 0 Å². The first-order chi connectivity index (χ1) is 9.46. The molecule has 0 fully saturated rings. The Kier molecular flexibility index (Phi) is 4.13. The molecule has 0 aromatic heterocycles. The number of sulfonamides is 1. The molecule has 1 aliphatic heterocycles. The second-order valence-corrected chi connectivity index (χ2v) is 6.30. The van der Waals surface area contributed by atoms with E-state index in [-0.39, 0.29) is 17.9 Å². The molecule has 0 saturated carbocycles. The Morgan fingerprint density at radius 3 is 2.65 bits per heavy atom. The number of ether oxygens (including phenoxy) is 1. The lowest BCUT2D eigenvalue weighted by Crippen LogP contribution is -2.39. The fraction of sp³-hybridized carbons (Fsp3) is 0.357. The highest BCUT2D eigenvalue weighted by atomic mass is 32.2. The molecule has 1 aromatic rings. The van der Waals surface area contributed by atoms with Gasteiger partial charge in [0.25, 0.3) is 10.0 Å². The first kappa shape index (κ1) is 14.6. The van der Waals surface area contributed by atoms with Crippen molar-refractivity contribution in [3.63, 3.8) is 0 Å². The van der Waals surface area contributed by atoms with Gasteiger partial charge in [0.2, 0.25) is 0 Å². The van der Waals surface area contributed by atoms with Gasteiger partial charge >= 0.3 is 5.97 Å². The minimum absolute atomic E-state index is 0.150. The number of esters is 1. The van der Waals surface area contributed by atoms with Gasteiger partial charge in [-0.05, 0) is 32.1 Å². The average Bonchev–Trinajstić information content (AvgIpc) is 2.89. The van der Waals surface area contributed by atoms with E-state index >= 15 is 0 Å². The maximum Gasteiger partial charge on any atom is 0.330 e. The predicted octanol–water partition coefficient (Wildman–Crippen LogP) is 1.64. The van der Waals surface area contributed by atoms with Gasteiger partial charge in [0, 0.05) is 12.6 Å². The van der Waals surface area contributed by atoms with Crippen molar-refractivity contribution in [2.24, 2.45) is 0 Å². The third-order valence-corrected chi connectivity index (χ3v) is 4.77. The van der Waals surface area contributed by atoms with Crippen molar-refractivity contribution < 1.29 is 17.9 Å². The second kappa shape index (κ2) is 5.66. The summed E-state index contributed by atoms with van der Waals surface area (Å²) in [6, 6.07) is 5.63. The Balaban J connectivity index is 2.30. The van der Waals surface area contributed by atoms with E-state index in [1.807, 2.05) is 6.92 Å². The van der Waals surface area contributed by atoms with E-state index < -0.39 is 22.0 Å². The SMILES string of the molecule is CCOC(=O)[C@@H]1C[C]=CN1S(=O)(=O)c1ccc(C)cc1. The van der Waals surface area contributed by atoms with Crippen molar-refractivity contribution in [1.29, 1.82) is 0 Å². The first-order valence-corrected chi connectivity index (χ1v) is 7.74. The maximum atomic E-state index is 12.5. The van der Waals surface area contributed by atoms with Crippen LogP contribution in [-0.2, 0) is 19.6 Å². The number of benzene rings is 1. The van der Waals surface area contributed by atoms with Crippen LogP contribution in [0.3, 0.4) is 0 Å². The van der Waals surface area contributed by atoms with Gasteiger partial charge in [-0.3, -0.25) is 4.31 Å². The maximum absolute atomic E-state index is 12.5. The molecule has 1 aliphatic rings. The van der Waals surface area contributed by atoms with Crippen molar-refractivity contribution in [3.8, 4) is 0 Å². The monoisotopic (exact) mass is 294 g/mol. The molecular formula is C14H16NO4S. The Hall–Kier alpha value is -1.82. The van der Waals surface area contributed by atoms with Crippen molar-refractivity contribution >= 4 is 16.0 Å². The molecule has 0 unspecified atom stereocenters. The molecule has 1 radical (unpaired) electrons. The number of hydrogen-bond donors (Lipinski definition) is 0. The van der Waals surface area contributed by atoms with E-state index in [0.29, 0.717) is 0 Å². The third kappa shape index (κ3) is 2.70. The summed E-state index contributed by atoms with van der Waals surface area (Å²) >= 11 is 0. The van der Waals surface area contributed by atoms with Crippen molar-refractivity contribution in [2.75, 3.05) is 6.61 Å². The van der Waals surface area contributed by atoms with Gasteiger partial charge < -0.3 is 4.74 Å². The van der Waals surface area contributed by atoms with Gasteiger partial charge in [0.1, 0.15) is 6.04 Å². The lowest BCUT2D eigenvalue weighted by atomic mass is 10.2. The van der Waals surface area contributed by atoms with E-state index in [1.54, 1.807) is 19.1 Å². The molecule has 0 aliphatic carbocycles. The van der Waals surface area contributed by atoms with E-state index in [2.05, 4.69) is 6.08 Å². The predicted molar refractivity (Wildman–Crippen MR) is 73.1 cm³/mol. The summed E-state index contributed by atoms with van der Waals surface area (Å²) < 4.78 is 30.9. The van der Waals surface area contributed by atoms with E-state index in [0.717, 1.165) is 9.87 Å². The zero-order valence-electron chi connectivity index (χ0n) is 11.4.